The topological polar surface area (TPSA) is 141 Å². The molecule has 21 heavy (non-hydrogen) atoms. The van der Waals surface area contributed by atoms with Gasteiger partial charge in [0.2, 0.25) is 0 Å². The number of rotatable bonds is 6. The number of halogens is 1. The molecule has 10 nitrogen and oxygen atoms in total. The van der Waals surface area contributed by atoms with Gasteiger partial charge in [-0.2, -0.15) is 5.01 Å². The van der Waals surface area contributed by atoms with Crippen molar-refractivity contribution in [1.82, 2.24) is 10.3 Å². The zero-order valence-electron chi connectivity index (χ0n) is 11.3. The smallest absolute Gasteiger partial charge is 0.340 e. The van der Waals surface area contributed by atoms with Gasteiger partial charge in [-0.15, -0.1) is 4.91 Å². The maximum atomic E-state index is 11.6. The van der Waals surface area contributed by atoms with Crippen LogP contribution in [-0.2, 0) is 9.47 Å². The lowest BCUT2D eigenvalue weighted by atomic mass is 9.99. The van der Waals surface area contributed by atoms with Crippen LogP contribution in [0.25, 0.3) is 0 Å². The van der Waals surface area contributed by atoms with Crippen LogP contribution >= 0.6 is 0 Å². The van der Waals surface area contributed by atoms with Crippen molar-refractivity contribution >= 4 is 6.03 Å². The molecule has 122 valence electrons. The van der Waals surface area contributed by atoms with Crippen molar-refractivity contribution in [1.29, 1.82) is 0 Å². The van der Waals surface area contributed by atoms with E-state index in [9.17, 15) is 25.0 Å². The van der Waals surface area contributed by atoms with Crippen molar-refractivity contribution in [3.63, 3.8) is 0 Å². The monoisotopic (exact) mass is 328 g/mol. The van der Waals surface area contributed by atoms with Crippen molar-refractivity contribution in [3.8, 4) is 0 Å². The van der Waals surface area contributed by atoms with Crippen molar-refractivity contribution < 1.29 is 41.2 Å². The SMILES string of the molecule is CO[C@H]1O[C@H](CNC(=O)N(CC[ClH+])N=O)[C@@H](O)[C@H](O)[C@H]1O. The van der Waals surface area contributed by atoms with Crippen LogP contribution in [0.15, 0.2) is 5.29 Å². The van der Waals surface area contributed by atoms with Gasteiger partial charge in [0.25, 0.3) is 0 Å². The summed E-state index contributed by atoms with van der Waals surface area (Å²) in [5, 5.41) is 34.4. The second-order valence-electron chi connectivity index (χ2n) is 4.35. The van der Waals surface area contributed by atoms with Gasteiger partial charge in [-0.3, -0.25) is 0 Å². The minimum Gasteiger partial charge on any atom is -0.388 e. The average Bonchev–Trinajstić information content (AvgIpc) is 2.49. The Balaban J connectivity index is 2.57. The highest BCUT2D eigenvalue weighted by atomic mass is 35.5. The predicted molar refractivity (Wildman–Crippen MR) is 65.9 cm³/mol. The maximum Gasteiger partial charge on any atom is 0.340 e. The van der Waals surface area contributed by atoms with Gasteiger partial charge in [0.05, 0.1) is 5.29 Å². The molecule has 2 amide bonds. The highest BCUT2D eigenvalue weighted by Crippen LogP contribution is 2.21. The Hall–Kier alpha value is -1.04. The van der Waals surface area contributed by atoms with Gasteiger partial charge in [0.1, 0.15) is 42.6 Å². The number of ether oxygens (including phenoxy) is 2. The average molecular weight is 329 g/mol. The molecule has 4 N–H and O–H groups in total. The van der Waals surface area contributed by atoms with Gasteiger partial charge in [0, 0.05) is 13.7 Å². The number of urea groups is 1. The van der Waals surface area contributed by atoms with E-state index in [0.29, 0.717) is 5.01 Å². The van der Waals surface area contributed by atoms with Crippen LogP contribution in [0.5, 0.6) is 0 Å². The Morgan fingerprint density at radius 1 is 1.38 bits per heavy atom. The van der Waals surface area contributed by atoms with Crippen LogP contribution in [0.1, 0.15) is 0 Å². The van der Waals surface area contributed by atoms with E-state index < -0.39 is 36.7 Å². The Morgan fingerprint density at radius 3 is 2.57 bits per heavy atom. The van der Waals surface area contributed by atoms with E-state index in [1.54, 1.807) is 0 Å². The zero-order chi connectivity index (χ0) is 16.0. The first kappa shape index (κ1) is 18.0. The van der Waals surface area contributed by atoms with Crippen molar-refractivity contribution in [3.05, 3.63) is 4.91 Å². The summed E-state index contributed by atoms with van der Waals surface area (Å²) >= 11 is 4.64. The molecular formula is C10H19ClN3O7+. The fourth-order valence-corrected chi connectivity index (χ4v) is 2.00. The lowest BCUT2D eigenvalue weighted by Crippen LogP contribution is -2.60. The number of hydrogen-bond donors (Lipinski definition) is 4. The van der Waals surface area contributed by atoms with Gasteiger partial charge >= 0.3 is 6.03 Å². The van der Waals surface area contributed by atoms with Crippen LogP contribution in [0.2, 0.25) is 0 Å². The Kier molecular flexibility index (Phi) is 7.22. The van der Waals surface area contributed by atoms with E-state index in [1.807, 2.05) is 0 Å². The first-order chi connectivity index (χ1) is 9.96. The molecule has 1 heterocycles. The number of carbonyl (C=O) groups excluding carboxylic acids is 1. The first-order valence-electron chi connectivity index (χ1n) is 6.15. The van der Waals surface area contributed by atoms with Gasteiger partial charge in [-0.25, -0.2) is 4.79 Å². The number of nitroso groups, excluding NO2 is 1. The van der Waals surface area contributed by atoms with Crippen molar-refractivity contribution in [2.75, 3.05) is 26.1 Å². The summed E-state index contributed by atoms with van der Waals surface area (Å²) in [5.41, 5.74) is 0. The molecule has 11 heteroatoms. The molecule has 5 atom stereocenters. The fraction of sp³-hybridized carbons (Fsp3) is 0.900. The van der Waals surface area contributed by atoms with E-state index in [2.05, 4.69) is 22.2 Å². The molecule has 0 aromatic heterocycles. The highest BCUT2D eigenvalue weighted by Gasteiger charge is 2.43. The van der Waals surface area contributed by atoms with E-state index in [4.69, 9.17) is 9.47 Å². The van der Waals surface area contributed by atoms with Crippen LogP contribution in [0.4, 0.5) is 4.79 Å². The van der Waals surface area contributed by atoms with Crippen LogP contribution < -0.4 is 5.32 Å². The van der Waals surface area contributed by atoms with E-state index in [0.717, 1.165) is 0 Å². The summed E-state index contributed by atoms with van der Waals surface area (Å²) < 4.78 is 10.0. The molecule has 0 saturated carbocycles. The van der Waals surface area contributed by atoms with E-state index in [1.165, 1.54) is 7.11 Å². The largest absolute Gasteiger partial charge is 0.388 e. The van der Waals surface area contributed by atoms with Gasteiger partial charge < -0.3 is 30.1 Å². The molecule has 1 aliphatic rings. The molecule has 0 aromatic rings. The van der Waals surface area contributed by atoms with Crippen LogP contribution in [-0.4, -0.2) is 83.1 Å². The van der Waals surface area contributed by atoms with Gasteiger partial charge in [0.15, 0.2) is 12.2 Å². The van der Waals surface area contributed by atoms with Crippen molar-refractivity contribution in [2.24, 2.45) is 5.29 Å². The normalized spacial score (nSPS) is 32.5. The number of alkyl halides is 1. The number of methoxy groups -OCH3 is 1. The number of aliphatic hydroxyl groups is 3. The number of amides is 2. The molecule has 1 aliphatic heterocycles. The molecule has 1 fully saturated rings. The molecule has 0 bridgehead atoms. The summed E-state index contributed by atoms with van der Waals surface area (Å²) in [7, 11) is 1.26. The number of hydrogen-bond acceptors (Lipinski definition) is 8. The summed E-state index contributed by atoms with van der Waals surface area (Å²) in [6.07, 6.45) is -6.49. The standard InChI is InChI=1S/C10H18ClN3O7/c1-20-9-8(17)7(16)6(15)5(21-9)4-12-10(18)14(13-19)3-2-11/h5-9,11,15-17H,2-4H2,1H3/p+1/t5-,6-,7+,8-,9+/m1/s1. The molecule has 1 rings (SSSR count). The minimum atomic E-state index is -1.49. The third-order valence-electron chi connectivity index (χ3n) is 2.99. The quantitative estimate of drug-likeness (QED) is 0.238. The first-order valence-corrected chi connectivity index (χ1v) is 6.73. The summed E-state index contributed by atoms with van der Waals surface area (Å²) in [4.78, 5) is 22.0. The third kappa shape index (κ3) is 4.46. The van der Waals surface area contributed by atoms with E-state index >= 15 is 0 Å². The Bertz CT molecular complexity index is 360. The molecule has 0 unspecified atom stereocenters. The Labute approximate surface area is 125 Å². The summed E-state index contributed by atoms with van der Waals surface area (Å²) in [5.74, 6) is 0.137. The lowest BCUT2D eigenvalue weighted by molar-refractivity contribution is -0.368. The van der Waals surface area contributed by atoms with Crippen LogP contribution in [0, 0.1) is 16.5 Å². The molecule has 1 saturated heterocycles. The second-order valence-corrected chi connectivity index (χ2v) is 4.75. The number of aliphatic hydroxyl groups excluding tert-OH is 3. The van der Waals surface area contributed by atoms with Gasteiger partial charge in [-0.05, 0) is 0 Å². The molecule has 0 spiro atoms. The number of carbonyl (C=O) groups is 1. The zero-order valence-corrected chi connectivity index (χ0v) is 12.1. The third-order valence-corrected chi connectivity index (χ3v) is 3.17. The number of nitrogens with zero attached hydrogens (tertiary/aromatic N) is 2. The molecular weight excluding hydrogens is 310 g/mol. The van der Waals surface area contributed by atoms with E-state index in [-0.39, 0.29) is 19.0 Å². The summed E-state index contributed by atoms with van der Waals surface area (Å²) in [6, 6.07) is -0.805. The predicted octanol–water partition coefficient (Wildman–Crippen LogP) is -2.58. The second kappa shape index (κ2) is 8.41. The van der Waals surface area contributed by atoms with Crippen LogP contribution in [0.3, 0.4) is 0 Å². The summed E-state index contributed by atoms with van der Waals surface area (Å²) in [6.45, 7) is -0.242. The molecule has 0 aliphatic carbocycles. The highest BCUT2D eigenvalue weighted by molar-refractivity contribution is 5.73. The van der Waals surface area contributed by atoms with Crippen molar-refractivity contribution in [2.45, 2.75) is 30.7 Å². The van der Waals surface area contributed by atoms with Gasteiger partial charge in [-0.1, -0.05) is 0 Å². The maximum absolute atomic E-state index is 11.6. The lowest BCUT2D eigenvalue weighted by Gasteiger charge is -2.39. The number of nitrogens with one attached hydrogen (secondary N) is 1. The molecule has 0 radical (unpaired) electrons. The Morgan fingerprint density at radius 2 is 2.05 bits per heavy atom. The fourth-order valence-electron chi connectivity index (χ4n) is 1.83. The minimum absolute atomic E-state index is 0.0270. The molecule has 0 aromatic carbocycles.